The van der Waals surface area contributed by atoms with E-state index in [1.807, 2.05) is 25.7 Å². The van der Waals surface area contributed by atoms with E-state index in [-0.39, 0.29) is 18.2 Å². The number of benzene rings is 1. The smallest absolute Gasteiger partial charge is 0.410 e. The molecule has 2 aliphatic heterocycles. The van der Waals surface area contributed by atoms with Gasteiger partial charge in [-0.25, -0.2) is 4.79 Å². The number of rotatable bonds is 8. The number of likely N-dealkylation sites (tertiary alicyclic amines) is 1. The third kappa shape index (κ3) is 6.16. The van der Waals surface area contributed by atoms with Crippen molar-refractivity contribution >= 4 is 29.2 Å². The van der Waals surface area contributed by atoms with Crippen LogP contribution in [0.15, 0.2) is 23.1 Å². The van der Waals surface area contributed by atoms with E-state index in [1.165, 1.54) is 17.3 Å². The Bertz CT molecular complexity index is 766. The summed E-state index contributed by atoms with van der Waals surface area (Å²) in [7, 11) is 2.09. The predicted octanol–water partition coefficient (Wildman–Crippen LogP) is 4.44. The van der Waals surface area contributed by atoms with E-state index in [4.69, 9.17) is 4.74 Å². The summed E-state index contributed by atoms with van der Waals surface area (Å²) < 4.78 is 5.64. The zero-order valence-electron chi connectivity index (χ0n) is 19.6. The van der Waals surface area contributed by atoms with E-state index in [0.717, 1.165) is 68.1 Å². The molecule has 2 atom stereocenters. The van der Waals surface area contributed by atoms with Gasteiger partial charge in [-0.3, -0.25) is 14.6 Å². The van der Waals surface area contributed by atoms with Gasteiger partial charge in [0.15, 0.2) is 5.62 Å². The van der Waals surface area contributed by atoms with Crippen molar-refractivity contribution in [2.24, 2.45) is 0 Å². The second-order valence-corrected chi connectivity index (χ2v) is 10.6. The monoisotopic (exact) mass is 447 g/mol. The molecule has 172 valence electrons. The maximum atomic E-state index is 12.7. The first-order chi connectivity index (χ1) is 14.7. The lowest BCUT2D eigenvalue weighted by atomic mass is 10.1. The molecule has 1 aromatic carbocycles. The topological polar surface area (TPSA) is 53.1 Å². The molecule has 3 rings (SSSR count). The second kappa shape index (κ2) is 10.3. The number of carbonyl (C=O) groups excluding carboxylic acids is 2. The first-order valence-corrected chi connectivity index (χ1v) is 12.3. The zero-order valence-corrected chi connectivity index (χ0v) is 20.4. The van der Waals surface area contributed by atoms with Gasteiger partial charge in [0, 0.05) is 50.2 Å². The lowest BCUT2D eigenvalue weighted by Crippen LogP contribution is -2.57. The molecule has 2 fully saturated rings. The molecule has 1 aromatic rings. The molecule has 2 saturated heterocycles. The van der Waals surface area contributed by atoms with Gasteiger partial charge in [0.2, 0.25) is 0 Å². The van der Waals surface area contributed by atoms with Crippen LogP contribution >= 0.6 is 11.8 Å². The Morgan fingerprint density at radius 1 is 1.26 bits per heavy atom. The molecule has 0 aromatic heterocycles. The van der Waals surface area contributed by atoms with Crippen LogP contribution in [0.4, 0.5) is 10.5 Å². The summed E-state index contributed by atoms with van der Waals surface area (Å²) in [4.78, 5) is 31.5. The number of hydrogen-bond donors (Lipinski definition) is 0. The van der Waals surface area contributed by atoms with Gasteiger partial charge in [0.25, 0.3) is 0 Å². The van der Waals surface area contributed by atoms with Crippen LogP contribution in [0.3, 0.4) is 0 Å². The van der Waals surface area contributed by atoms with Crippen LogP contribution in [-0.4, -0.2) is 72.4 Å². The molecular weight excluding hydrogens is 410 g/mol. The fourth-order valence-electron chi connectivity index (χ4n) is 4.66. The Morgan fingerprint density at radius 3 is 2.52 bits per heavy atom. The lowest BCUT2D eigenvalue weighted by molar-refractivity contribution is -0.00397. The van der Waals surface area contributed by atoms with Crippen LogP contribution in [0.25, 0.3) is 0 Å². The highest BCUT2D eigenvalue weighted by molar-refractivity contribution is 8.12. The maximum absolute atomic E-state index is 12.7. The molecular formula is C24H37N3O3S. The molecule has 6 nitrogen and oxygen atoms in total. The lowest BCUT2D eigenvalue weighted by Gasteiger charge is -2.41. The highest BCUT2D eigenvalue weighted by atomic mass is 32.2. The van der Waals surface area contributed by atoms with Crippen molar-refractivity contribution < 1.29 is 14.3 Å². The Labute approximate surface area is 191 Å². The van der Waals surface area contributed by atoms with E-state index in [1.54, 1.807) is 0 Å². The Kier molecular flexibility index (Phi) is 7.92. The molecule has 2 unspecified atom stereocenters. The number of nitrogens with zero attached hydrogens (tertiary/aromatic N) is 3. The highest BCUT2D eigenvalue weighted by Crippen LogP contribution is 2.33. The normalized spacial score (nSPS) is 21.3. The Hall–Kier alpha value is -1.73. The average Bonchev–Trinajstić information content (AvgIpc) is 2.96. The number of carbonyl (C=O) groups is 2. The predicted molar refractivity (Wildman–Crippen MR) is 128 cm³/mol. The van der Waals surface area contributed by atoms with Crippen LogP contribution < -0.4 is 4.90 Å². The SMILES string of the molecule is CCCc1ccc(N(C)CCN2CC3CCC(C2)N3C(=O)OC(C)(C)C)c(SC=O)c1. The first-order valence-electron chi connectivity index (χ1n) is 11.4. The van der Waals surface area contributed by atoms with Crippen molar-refractivity contribution in [2.45, 2.75) is 76.0 Å². The van der Waals surface area contributed by atoms with Crippen LogP contribution in [0, 0.1) is 0 Å². The van der Waals surface area contributed by atoms with Crippen LogP contribution in [0.5, 0.6) is 0 Å². The van der Waals surface area contributed by atoms with Crippen molar-refractivity contribution in [1.82, 2.24) is 9.80 Å². The van der Waals surface area contributed by atoms with Crippen LogP contribution in [0.1, 0.15) is 52.5 Å². The number of anilines is 1. The number of aryl methyl sites for hydroxylation is 1. The van der Waals surface area contributed by atoms with Crippen LogP contribution in [0.2, 0.25) is 0 Å². The Balaban J connectivity index is 1.58. The number of piperazine rings is 1. The molecule has 2 heterocycles. The summed E-state index contributed by atoms with van der Waals surface area (Å²) in [6.07, 6.45) is 4.06. The summed E-state index contributed by atoms with van der Waals surface area (Å²) in [6, 6.07) is 6.95. The number of likely N-dealkylation sites (N-methyl/N-ethyl adjacent to an activating group) is 1. The summed E-state index contributed by atoms with van der Waals surface area (Å²) in [5, 5.41) is 0. The van der Waals surface area contributed by atoms with E-state index >= 15 is 0 Å². The molecule has 0 radical (unpaired) electrons. The van der Waals surface area contributed by atoms with Crippen molar-refractivity contribution in [3.8, 4) is 0 Å². The number of ether oxygens (including phenoxy) is 1. The molecule has 0 saturated carbocycles. The summed E-state index contributed by atoms with van der Waals surface area (Å²) in [5.41, 5.74) is 2.84. The van der Waals surface area contributed by atoms with Crippen molar-refractivity contribution in [1.29, 1.82) is 0 Å². The molecule has 2 bridgehead atoms. The fraction of sp³-hybridized carbons (Fsp3) is 0.667. The number of thioether (sulfide) groups is 1. The van der Waals surface area contributed by atoms with Crippen molar-refractivity contribution in [3.63, 3.8) is 0 Å². The summed E-state index contributed by atoms with van der Waals surface area (Å²) >= 11 is 1.26. The van der Waals surface area contributed by atoms with Gasteiger partial charge >= 0.3 is 6.09 Å². The van der Waals surface area contributed by atoms with Crippen molar-refractivity contribution in [2.75, 3.05) is 38.1 Å². The molecule has 31 heavy (non-hydrogen) atoms. The van der Waals surface area contributed by atoms with Gasteiger partial charge in [0.05, 0.1) is 5.69 Å². The fourth-order valence-corrected chi connectivity index (χ4v) is 5.33. The van der Waals surface area contributed by atoms with Gasteiger partial charge in [-0.15, -0.1) is 0 Å². The number of fused-ring (bicyclic) bond motifs is 2. The van der Waals surface area contributed by atoms with Gasteiger partial charge < -0.3 is 9.64 Å². The van der Waals surface area contributed by atoms with Gasteiger partial charge in [-0.05, 0) is 57.7 Å². The summed E-state index contributed by atoms with van der Waals surface area (Å²) in [5.74, 6) is 0. The number of amides is 1. The van der Waals surface area contributed by atoms with Gasteiger partial charge in [0.1, 0.15) is 5.60 Å². The molecule has 2 aliphatic rings. The van der Waals surface area contributed by atoms with Gasteiger partial charge in [-0.1, -0.05) is 31.2 Å². The van der Waals surface area contributed by atoms with E-state index in [2.05, 4.69) is 42.0 Å². The van der Waals surface area contributed by atoms with E-state index in [9.17, 15) is 9.59 Å². The third-order valence-corrected chi connectivity index (χ3v) is 6.74. The largest absolute Gasteiger partial charge is 0.444 e. The standard InChI is InChI=1S/C24H37N3O3S/c1-6-7-18-8-11-21(22(14-18)31-17-28)25(5)12-13-26-15-19-9-10-20(16-26)27(19)23(29)30-24(2,3)4/h8,11,14,17,19-20H,6-7,9-10,12-13,15-16H2,1-5H3. The minimum atomic E-state index is -0.458. The molecule has 0 N–H and O–H groups in total. The first kappa shape index (κ1) is 23.9. The summed E-state index contributed by atoms with van der Waals surface area (Å²) in [6.45, 7) is 11.5. The van der Waals surface area contributed by atoms with Crippen molar-refractivity contribution in [3.05, 3.63) is 23.8 Å². The maximum Gasteiger partial charge on any atom is 0.410 e. The quantitative estimate of drug-likeness (QED) is 0.434. The molecule has 0 aliphatic carbocycles. The van der Waals surface area contributed by atoms with Crippen LogP contribution in [-0.2, 0) is 16.0 Å². The molecule has 0 spiro atoms. The van der Waals surface area contributed by atoms with E-state index < -0.39 is 5.60 Å². The minimum Gasteiger partial charge on any atom is -0.444 e. The second-order valence-electron chi connectivity index (χ2n) is 9.72. The average molecular weight is 448 g/mol. The third-order valence-electron chi connectivity index (χ3n) is 6.06. The minimum absolute atomic E-state index is 0.167. The van der Waals surface area contributed by atoms with E-state index in [0.29, 0.717) is 0 Å². The molecule has 1 amide bonds. The molecule has 7 heteroatoms. The highest BCUT2D eigenvalue weighted by Gasteiger charge is 2.44. The zero-order chi connectivity index (χ0) is 22.6. The Morgan fingerprint density at radius 2 is 1.94 bits per heavy atom. The number of hydrogen-bond acceptors (Lipinski definition) is 6. The van der Waals surface area contributed by atoms with Gasteiger partial charge in [-0.2, -0.15) is 0 Å².